The molecule has 4 heterocycles. The summed E-state index contributed by atoms with van der Waals surface area (Å²) in [7, 11) is 0. The van der Waals surface area contributed by atoms with Gasteiger partial charge in [-0.3, -0.25) is 4.90 Å². The minimum atomic E-state index is 0.711. The van der Waals surface area contributed by atoms with Crippen molar-refractivity contribution in [2.24, 2.45) is 0 Å². The maximum absolute atomic E-state index is 5.46. The van der Waals surface area contributed by atoms with E-state index in [1.165, 1.54) is 23.1 Å². The zero-order chi connectivity index (χ0) is 14.9. The van der Waals surface area contributed by atoms with Gasteiger partial charge in [-0.15, -0.1) is 11.3 Å². The summed E-state index contributed by atoms with van der Waals surface area (Å²) in [6.07, 6.45) is 4.15. The number of fused-ring (bicyclic) bond motifs is 1. The van der Waals surface area contributed by atoms with Crippen molar-refractivity contribution in [1.82, 2.24) is 14.9 Å². The second-order valence-electron chi connectivity index (χ2n) is 6.16. The van der Waals surface area contributed by atoms with Gasteiger partial charge >= 0.3 is 0 Å². The summed E-state index contributed by atoms with van der Waals surface area (Å²) in [5, 5.41) is 2.18. The highest BCUT2D eigenvalue weighted by atomic mass is 32.1. The molecule has 2 aliphatic heterocycles. The molecule has 0 amide bonds. The van der Waals surface area contributed by atoms with Crippen LogP contribution >= 0.6 is 11.3 Å². The number of aromatic nitrogens is 2. The quantitative estimate of drug-likeness (QED) is 0.850. The molecule has 2 fully saturated rings. The van der Waals surface area contributed by atoms with Gasteiger partial charge in [-0.2, -0.15) is 0 Å². The highest BCUT2D eigenvalue weighted by Crippen LogP contribution is 2.32. The molecule has 0 radical (unpaired) electrons. The summed E-state index contributed by atoms with van der Waals surface area (Å²) >= 11 is 1.77. The summed E-state index contributed by atoms with van der Waals surface area (Å²) in [6, 6.07) is 0.711. The van der Waals surface area contributed by atoms with Gasteiger partial charge in [-0.1, -0.05) is 0 Å². The highest BCUT2D eigenvalue weighted by molar-refractivity contribution is 7.18. The summed E-state index contributed by atoms with van der Waals surface area (Å²) in [5.74, 6) is 1.13. The fourth-order valence-electron chi connectivity index (χ4n) is 3.57. The van der Waals surface area contributed by atoms with E-state index in [1.807, 2.05) is 0 Å². The molecule has 4 rings (SSSR count). The second-order valence-corrected chi connectivity index (χ2v) is 7.04. The number of hydrogen-bond acceptors (Lipinski definition) is 6. The van der Waals surface area contributed by atoms with E-state index in [4.69, 9.17) is 4.74 Å². The number of hydrogen-bond donors (Lipinski definition) is 0. The molecule has 0 spiro atoms. The maximum atomic E-state index is 5.46. The smallest absolute Gasteiger partial charge is 0.150 e. The van der Waals surface area contributed by atoms with E-state index in [0.717, 1.165) is 50.7 Å². The molecular formula is C16H22N4OS. The van der Waals surface area contributed by atoms with Crippen LogP contribution in [-0.4, -0.2) is 60.3 Å². The minimum Gasteiger partial charge on any atom is -0.379 e. The normalized spacial score (nSPS) is 21.6. The summed E-state index contributed by atoms with van der Waals surface area (Å²) in [6.45, 7) is 8.26. The van der Waals surface area contributed by atoms with Gasteiger partial charge in [0, 0.05) is 32.2 Å². The second kappa shape index (κ2) is 6.10. The van der Waals surface area contributed by atoms with Gasteiger partial charge in [-0.05, 0) is 30.7 Å². The summed E-state index contributed by atoms with van der Waals surface area (Å²) < 4.78 is 6.70. The van der Waals surface area contributed by atoms with Gasteiger partial charge in [-0.25, -0.2) is 9.97 Å². The van der Waals surface area contributed by atoms with Crippen molar-refractivity contribution in [2.75, 3.05) is 44.3 Å². The van der Waals surface area contributed by atoms with Crippen LogP contribution in [0.15, 0.2) is 11.7 Å². The van der Waals surface area contributed by atoms with E-state index < -0.39 is 0 Å². The van der Waals surface area contributed by atoms with Crippen molar-refractivity contribution in [3.63, 3.8) is 0 Å². The fraction of sp³-hybridized carbons (Fsp3) is 0.625. The third-order valence-electron chi connectivity index (χ3n) is 4.84. The van der Waals surface area contributed by atoms with Gasteiger partial charge < -0.3 is 9.64 Å². The van der Waals surface area contributed by atoms with E-state index >= 15 is 0 Å². The molecule has 0 saturated carbocycles. The van der Waals surface area contributed by atoms with Crippen LogP contribution in [0.4, 0.5) is 5.82 Å². The number of morpholine rings is 1. The fourth-order valence-corrected chi connectivity index (χ4v) is 4.59. The Morgan fingerprint density at radius 1 is 1.14 bits per heavy atom. The number of thiophene rings is 1. The topological polar surface area (TPSA) is 41.5 Å². The SMILES string of the molecule is Cc1csc2c(N3CCC(N4CCOCC4)CC3)ncnc12. The van der Waals surface area contributed by atoms with Crippen LogP contribution in [0.2, 0.25) is 0 Å². The Morgan fingerprint density at radius 2 is 1.91 bits per heavy atom. The Balaban J connectivity index is 1.48. The molecule has 0 unspecified atom stereocenters. The Kier molecular flexibility index (Phi) is 3.98. The third-order valence-corrected chi connectivity index (χ3v) is 5.92. The van der Waals surface area contributed by atoms with Crippen LogP contribution in [0.1, 0.15) is 18.4 Å². The predicted octanol–water partition coefficient (Wildman–Crippen LogP) is 2.30. The minimum absolute atomic E-state index is 0.711. The summed E-state index contributed by atoms with van der Waals surface area (Å²) in [4.78, 5) is 14.1. The van der Waals surface area contributed by atoms with E-state index in [1.54, 1.807) is 17.7 Å². The largest absolute Gasteiger partial charge is 0.379 e. The van der Waals surface area contributed by atoms with Crippen molar-refractivity contribution >= 4 is 27.4 Å². The lowest BCUT2D eigenvalue weighted by atomic mass is 10.0. The predicted molar refractivity (Wildman–Crippen MR) is 89.8 cm³/mol. The van der Waals surface area contributed by atoms with Gasteiger partial charge in [0.25, 0.3) is 0 Å². The Morgan fingerprint density at radius 3 is 2.68 bits per heavy atom. The molecule has 0 bridgehead atoms. The highest BCUT2D eigenvalue weighted by Gasteiger charge is 2.27. The number of aryl methyl sites for hydroxylation is 1. The lowest BCUT2D eigenvalue weighted by Gasteiger charge is -2.40. The number of piperidine rings is 1. The molecule has 6 heteroatoms. The molecular weight excluding hydrogens is 296 g/mol. The van der Waals surface area contributed by atoms with Gasteiger partial charge in [0.15, 0.2) is 0 Å². The molecule has 0 N–H and O–H groups in total. The van der Waals surface area contributed by atoms with Crippen molar-refractivity contribution < 1.29 is 4.74 Å². The number of nitrogens with zero attached hydrogens (tertiary/aromatic N) is 4. The van der Waals surface area contributed by atoms with E-state index in [0.29, 0.717) is 6.04 Å². The van der Waals surface area contributed by atoms with Crippen LogP contribution in [0.25, 0.3) is 10.2 Å². The van der Waals surface area contributed by atoms with Gasteiger partial charge in [0.1, 0.15) is 12.1 Å². The van der Waals surface area contributed by atoms with Crippen LogP contribution in [0.5, 0.6) is 0 Å². The van der Waals surface area contributed by atoms with Crippen LogP contribution in [0.3, 0.4) is 0 Å². The van der Waals surface area contributed by atoms with Gasteiger partial charge in [0.05, 0.1) is 23.4 Å². The van der Waals surface area contributed by atoms with Crippen molar-refractivity contribution in [3.05, 3.63) is 17.3 Å². The lowest BCUT2D eigenvalue weighted by molar-refractivity contribution is 0.0115. The molecule has 2 aromatic rings. The van der Waals surface area contributed by atoms with Crippen molar-refractivity contribution in [1.29, 1.82) is 0 Å². The van der Waals surface area contributed by atoms with E-state index in [9.17, 15) is 0 Å². The Labute approximate surface area is 134 Å². The van der Waals surface area contributed by atoms with E-state index in [-0.39, 0.29) is 0 Å². The first-order valence-corrected chi connectivity index (χ1v) is 8.96. The van der Waals surface area contributed by atoms with Crippen molar-refractivity contribution in [2.45, 2.75) is 25.8 Å². The molecule has 2 saturated heterocycles. The zero-order valence-electron chi connectivity index (χ0n) is 13.0. The molecule has 0 aliphatic carbocycles. The maximum Gasteiger partial charge on any atom is 0.150 e. The lowest BCUT2D eigenvalue weighted by Crippen LogP contribution is -2.49. The standard InChI is InChI=1S/C16H22N4OS/c1-12-10-22-15-14(12)17-11-18-16(15)20-4-2-13(3-5-20)19-6-8-21-9-7-19/h10-11,13H,2-9H2,1H3. The van der Waals surface area contributed by atoms with Crippen LogP contribution in [-0.2, 0) is 4.74 Å². The molecule has 0 atom stereocenters. The molecule has 5 nitrogen and oxygen atoms in total. The first-order chi connectivity index (χ1) is 10.8. The molecule has 2 aromatic heterocycles. The number of rotatable bonds is 2. The Hall–Kier alpha value is -1.24. The average molecular weight is 318 g/mol. The summed E-state index contributed by atoms with van der Waals surface area (Å²) in [5.41, 5.74) is 2.37. The number of anilines is 1. The zero-order valence-corrected chi connectivity index (χ0v) is 13.8. The number of ether oxygens (including phenoxy) is 1. The molecule has 118 valence electrons. The molecule has 0 aromatic carbocycles. The van der Waals surface area contributed by atoms with Crippen LogP contribution in [0, 0.1) is 6.92 Å². The van der Waals surface area contributed by atoms with E-state index in [2.05, 4.69) is 32.1 Å². The first kappa shape index (κ1) is 14.4. The third kappa shape index (κ3) is 2.59. The Bertz CT molecular complexity index is 645. The first-order valence-electron chi connectivity index (χ1n) is 8.08. The molecule has 22 heavy (non-hydrogen) atoms. The average Bonchev–Trinajstić information content (AvgIpc) is 2.97. The van der Waals surface area contributed by atoms with Gasteiger partial charge in [0.2, 0.25) is 0 Å². The van der Waals surface area contributed by atoms with Crippen LogP contribution < -0.4 is 4.90 Å². The van der Waals surface area contributed by atoms with Crippen molar-refractivity contribution in [3.8, 4) is 0 Å². The molecule has 2 aliphatic rings. The monoisotopic (exact) mass is 318 g/mol.